The number of benzene rings is 3. The van der Waals surface area contributed by atoms with E-state index in [1.165, 1.54) is 36.1 Å². The van der Waals surface area contributed by atoms with E-state index in [9.17, 15) is 24.0 Å². The molecule has 1 aliphatic rings. The summed E-state index contributed by atoms with van der Waals surface area (Å²) in [6.45, 7) is 6.59. The lowest BCUT2D eigenvalue weighted by Crippen LogP contribution is -2.45. The zero-order valence-corrected chi connectivity index (χ0v) is 20.7. The molecule has 9 heteroatoms. The van der Waals surface area contributed by atoms with Crippen molar-refractivity contribution in [3.8, 4) is 5.75 Å². The van der Waals surface area contributed by atoms with Gasteiger partial charge >= 0.3 is 5.97 Å². The third kappa shape index (κ3) is 5.40. The summed E-state index contributed by atoms with van der Waals surface area (Å²) in [5.74, 6) is -1.87. The Morgan fingerprint density at radius 1 is 0.730 bits per heavy atom. The van der Waals surface area contributed by atoms with Gasteiger partial charge in [-0.3, -0.25) is 28.9 Å². The molecule has 188 valence electrons. The predicted octanol–water partition coefficient (Wildman–Crippen LogP) is 4.51. The maximum atomic E-state index is 12.8. The normalized spacial score (nSPS) is 12.7. The van der Waals surface area contributed by atoms with Gasteiger partial charge in [0.1, 0.15) is 5.75 Å². The molecular weight excluding hydrogens is 474 g/mol. The molecule has 4 rings (SSSR count). The van der Waals surface area contributed by atoms with Gasteiger partial charge in [-0.15, -0.1) is 0 Å². The summed E-state index contributed by atoms with van der Waals surface area (Å²) in [5.41, 5.74) is 1.30. The van der Waals surface area contributed by atoms with E-state index in [-0.39, 0.29) is 28.3 Å². The van der Waals surface area contributed by atoms with Gasteiger partial charge in [0, 0.05) is 35.0 Å². The molecular formula is C28H25N3O6. The van der Waals surface area contributed by atoms with Crippen LogP contribution in [-0.2, 0) is 4.79 Å². The maximum Gasteiger partial charge on any atom is 0.308 e. The molecule has 1 aliphatic heterocycles. The molecule has 0 unspecified atom stereocenters. The van der Waals surface area contributed by atoms with E-state index >= 15 is 0 Å². The molecule has 1 heterocycles. The number of carbonyl (C=O) groups excluding carboxylic acids is 5. The highest BCUT2D eigenvalue weighted by Gasteiger charge is 2.42. The quantitative estimate of drug-likeness (QED) is 0.303. The highest BCUT2D eigenvalue weighted by molar-refractivity contribution is 6.22. The molecule has 0 fully saturated rings. The topological polar surface area (TPSA) is 122 Å². The van der Waals surface area contributed by atoms with E-state index in [4.69, 9.17) is 4.74 Å². The molecule has 0 saturated heterocycles. The van der Waals surface area contributed by atoms with Gasteiger partial charge in [-0.25, -0.2) is 0 Å². The molecule has 4 amide bonds. The summed E-state index contributed by atoms with van der Waals surface area (Å²) in [5, 5.41) is 5.48. The Morgan fingerprint density at radius 3 is 1.81 bits per heavy atom. The first-order valence-electron chi connectivity index (χ1n) is 11.5. The lowest BCUT2D eigenvalue weighted by Gasteiger charge is -2.29. The van der Waals surface area contributed by atoms with Crippen LogP contribution in [0.3, 0.4) is 0 Å². The van der Waals surface area contributed by atoms with E-state index in [2.05, 4.69) is 10.6 Å². The van der Waals surface area contributed by atoms with Crippen molar-refractivity contribution in [2.45, 2.75) is 33.2 Å². The standard InChI is InChI=1S/C28H25N3O6/c1-16(32)37-21-7-5-6-17(14-21)24(33)29-19-9-11-20(12-10-19)30-25(34)18-8-13-22-23(15-18)27(36)31(26(22)35)28(2,3)4/h5-15H,1-4H3,(H,29,33)(H,30,34). The predicted molar refractivity (Wildman–Crippen MR) is 137 cm³/mol. The monoisotopic (exact) mass is 499 g/mol. The fraction of sp³-hybridized carbons (Fsp3) is 0.179. The van der Waals surface area contributed by atoms with Crippen LogP contribution < -0.4 is 15.4 Å². The van der Waals surface area contributed by atoms with Crippen LogP contribution >= 0.6 is 0 Å². The summed E-state index contributed by atoms with van der Waals surface area (Å²) < 4.78 is 5.00. The van der Waals surface area contributed by atoms with Crippen molar-refractivity contribution in [2.75, 3.05) is 10.6 Å². The summed E-state index contributed by atoms with van der Waals surface area (Å²) in [4.78, 5) is 63.1. The van der Waals surface area contributed by atoms with Crippen molar-refractivity contribution in [3.05, 3.63) is 89.0 Å². The van der Waals surface area contributed by atoms with Gasteiger partial charge in [-0.2, -0.15) is 0 Å². The number of nitrogens with one attached hydrogen (secondary N) is 2. The number of carbonyl (C=O) groups is 5. The summed E-state index contributed by atoms with van der Waals surface area (Å²) >= 11 is 0. The van der Waals surface area contributed by atoms with Crippen molar-refractivity contribution in [3.63, 3.8) is 0 Å². The molecule has 3 aromatic rings. The number of nitrogens with zero attached hydrogens (tertiary/aromatic N) is 1. The first-order valence-corrected chi connectivity index (χ1v) is 11.5. The minimum atomic E-state index is -0.683. The van der Waals surface area contributed by atoms with Crippen LogP contribution in [0.2, 0.25) is 0 Å². The van der Waals surface area contributed by atoms with Crippen molar-refractivity contribution in [1.29, 1.82) is 0 Å². The number of anilines is 2. The Hall–Kier alpha value is -4.79. The van der Waals surface area contributed by atoms with E-state index in [1.54, 1.807) is 63.2 Å². The van der Waals surface area contributed by atoms with Gasteiger partial charge in [0.2, 0.25) is 0 Å². The van der Waals surface area contributed by atoms with Crippen molar-refractivity contribution < 1.29 is 28.7 Å². The second kappa shape index (κ2) is 9.69. The van der Waals surface area contributed by atoms with Crippen LogP contribution in [0.1, 0.15) is 69.1 Å². The highest BCUT2D eigenvalue weighted by Crippen LogP contribution is 2.30. The Morgan fingerprint density at radius 2 is 1.27 bits per heavy atom. The van der Waals surface area contributed by atoms with Gasteiger partial charge < -0.3 is 15.4 Å². The number of ether oxygens (including phenoxy) is 1. The number of esters is 1. The van der Waals surface area contributed by atoms with Gasteiger partial charge in [0.25, 0.3) is 23.6 Å². The first kappa shape index (κ1) is 25.3. The number of imide groups is 1. The van der Waals surface area contributed by atoms with Gasteiger partial charge in [-0.05, 0) is 81.4 Å². The summed E-state index contributed by atoms with van der Waals surface area (Å²) in [6, 6.07) is 17.1. The average Bonchev–Trinajstić information content (AvgIpc) is 3.09. The molecule has 0 spiro atoms. The zero-order valence-electron chi connectivity index (χ0n) is 20.7. The average molecular weight is 500 g/mol. The van der Waals surface area contributed by atoms with Crippen LogP contribution in [0.25, 0.3) is 0 Å². The summed E-state index contributed by atoms with van der Waals surface area (Å²) in [7, 11) is 0. The molecule has 0 atom stereocenters. The Bertz CT molecular complexity index is 1440. The van der Waals surface area contributed by atoms with Crippen molar-refractivity contribution >= 4 is 41.0 Å². The zero-order chi connectivity index (χ0) is 26.9. The molecule has 37 heavy (non-hydrogen) atoms. The van der Waals surface area contributed by atoms with E-state index < -0.39 is 29.2 Å². The molecule has 0 radical (unpaired) electrons. The molecule has 0 aliphatic carbocycles. The van der Waals surface area contributed by atoms with Crippen LogP contribution in [0.5, 0.6) is 5.75 Å². The van der Waals surface area contributed by atoms with E-state index in [1.807, 2.05) is 0 Å². The number of rotatable bonds is 5. The van der Waals surface area contributed by atoms with Crippen LogP contribution in [0, 0.1) is 0 Å². The lowest BCUT2D eigenvalue weighted by molar-refractivity contribution is -0.131. The fourth-order valence-corrected chi connectivity index (χ4v) is 3.90. The third-order valence-electron chi connectivity index (χ3n) is 5.58. The molecule has 2 N–H and O–H groups in total. The Labute approximate surface area is 213 Å². The van der Waals surface area contributed by atoms with E-state index in [0.29, 0.717) is 16.9 Å². The Balaban J connectivity index is 1.42. The number of amides is 4. The molecule has 3 aromatic carbocycles. The van der Waals surface area contributed by atoms with Gasteiger partial charge in [0.05, 0.1) is 11.1 Å². The smallest absolute Gasteiger partial charge is 0.308 e. The van der Waals surface area contributed by atoms with Crippen LogP contribution in [0.15, 0.2) is 66.7 Å². The minimum Gasteiger partial charge on any atom is -0.427 e. The van der Waals surface area contributed by atoms with Crippen LogP contribution in [-0.4, -0.2) is 40.0 Å². The van der Waals surface area contributed by atoms with Crippen LogP contribution in [0.4, 0.5) is 11.4 Å². The second-order valence-corrected chi connectivity index (χ2v) is 9.48. The minimum absolute atomic E-state index is 0.198. The summed E-state index contributed by atoms with van der Waals surface area (Å²) in [6.07, 6.45) is 0. The Kier molecular flexibility index (Phi) is 6.63. The van der Waals surface area contributed by atoms with E-state index in [0.717, 1.165) is 0 Å². The van der Waals surface area contributed by atoms with Crippen molar-refractivity contribution in [2.24, 2.45) is 0 Å². The third-order valence-corrected chi connectivity index (χ3v) is 5.58. The second-order valence-electron chi connectivity index (χ2n) is 9.48. The first-order chi connectivity index (χ1) is 17.4. The van der Waals surface area contributed by atoms with Gasteiger partial charge in [-0.1, -0.05) is 6.07 Å². The van der Waals surface area contributed by atoms with Gasteiger partial charge in [0.15, 0.2) is 0 Å². The molecule has 9 nitrogen and oxygen atoms in total. The lowest BCUT2D eigenvalue weighted by atomic mass is 10.1. The fourth-order valence-electron chi connectivity index (χ4n) is 3.90. The number of hydrogen-bond acceptors (Lipinski definition) is 6. The molecule has 0 bridgehead atoms. The SMILES string of the molecule is CC(=O)Oc1cccc(C(=O)Nc2ccc(NC(=O)c3ccc4c(c3)C(=O)N(C(C)(C)C)C4=O)cc2)c1. The number of hydrogen-bond donors (Lipinski definition) is 2. The van der Waals surface area contributed by atoms with Crippen molar-refractivity contribution in [1.82, 2.24) is 4.90 Å². The largest absolute Gasteiger partial charge is 0.427 e. The molecule has 0 saturated carbocycles. The number of fused-ring (bicyclic) bond motifs is 1. The highest BCUT2D eigenvalue weighted by atomic mass is 16.5. The molecule has 0 aromatic heterocycles. The maximum absolute atomic E-state index is 12.8.